The molecule has 5 aliphatic rings. The molecule has 0 saturated heterocycles. The number of nitriles is 1. The Kier molecular flexibility index (Phi) is 7.41. The highest BCUT2D eigenvalue weighted by molar-refractivity contribution is 8.03. The van der Waals surface area contributed by atoms with Gasteiger partial charge in [0.15, 0.2) is 0 Å². The molecule has 0 radical (unpaired) electrons. The number of ether oxygens (including phenoxy) is 2. The summed E-state index contributed by atoms with van der Waals surface area (Å²) < 4.78 is 10.1. The van der Waals surface area contributed by atoms with Gasteiger partial charge in [0.05, 0.1) is 53.2 Å². The fraction of sp³-hybridized carbons (Fsp3) is 0.533. The fourth-order valence-corrected chi connectivity index (χ4v) is 8.64. The summed E-state index contributed by atoms with van der Waals surface area (Å²) in [6.45, 7) is 3.73. The number of allylic oxidation sites excluding steroid dienone is 2. The van der Waals surface area contributed by atoms with Crippen LogP contribution in [0, 0.1) is 34.5 Å². The Labute approximate surface area is 228 Å². The van der Waals surface area contributed by atoms with Gasteiger partial charge in [-0.25, -0.2) is 9.59 Å². The predicted octanol–water partition coefficient (Wildman–Crippen LogP) is 5.25. The van der Waals surface area contributed by atoms with Crippen LogP contribution in [0.15, 0.2) is 46.1 Å². The van der Waals surface area contributed by atoms with Gasteiger partial charge in [-0.05, 0) is 87.8 Å². The zero-order valence-corrected chi connectivity index (χ0v) is 23.0. The fourth-order valence-electron chi connectivity index (χ4n) is 7.51. The molecule has 4 aliphatic carbocycles. The SMILES string of the molecule is CCOC(=O)C1=C(C)NC(SCC(=O)C23CC4CC(CC(C4)C2)C3)=C(C#N)C1c1ccc(C(=O)OC)cc1. The standard InChI is InChI=1S/C30H34N2O5S/c1-4-37-29(35)25-17(2)32-27(23(15-31)26(25)21-5-7-22(8-6-21)28(34)36-3)38-16-24(33)30-12-18-9-19(13-30)11-20(10-18)14-30/h5-8,18-20,26,32H,4,9-14,16H2,1-3H3. The molecule has 1 aromatic rings. The lowest BCUT2D eigenvalue weighted by Crippen LogP contribution is -2.50. The van der Waals surface area contributed by atoms with E-state index in [-0.39, 0.29) is 12.0 Å². The molecule has 200 valence electrons. The lowest BCUT2D eigenvalue weighted by molar-refractivity contribution is -0.141. The van der Waals surface area contributed by atoms with Crippen molar-refractivity contribution in [3.05, 3.63) is 57.3 Å². The lowest BCUT2D eigenvalue weighted by Gasteiger charge is -2.56. The number of nitrogens with one attached hydrogen (secondary N) is 1. The zero-order chi connectivity index (χ0) is 27.0. The van der Waals surface area contributed by atoms with E-state index in [9.17, 15) is 19.6 Å². The predicted molar refractivity (Wildman–Crippen MR) is 144 cm³/mol. The summed E-state index contributed by atoms with van der Waals surface area (Å²) in [5.74, 6) is 1.02. The molecule has 0 spiro atoms. The molecule has 1 heterocycles. The Morgan fingerprint density at radius 1 is 1.05 bits per heavy atom. The first-order valence-electron chi connectivity index (χ1n) is 13.4. The minimum absolute atomic E-state index is 0.201. The summed E-state index contributed by atoms with van der Waals surface area (Å²) in [5.41, 5.74) is 2.17. The van der Waals surface area contributed by atoms with E-state index in [2.05, 4.69) is 11.4 Å². The number of benzene rings is 1. The smallest absolute Gasteiger partial charge is 0.337 e. The van der Waals surface area contributed by atoms with Crippen LogP contribution >= 0.6 is 11.8 Å². The minimum Gasteiger partial charge on any atom is -0.465 e. The molecular weight excluding hydrogens is 500 g/mol. The van der Waals surface area contributed by atoms with Crippen molar-refractivity contribution in [1.29, 1.82) is 5.26 Å². The van der Waals surface area contributed by atoms with Crippen molar-refractivity contribution in [1.82, 2.24) is 5.32 Å². The Morgan fingerprint density at radius 3 is 2.18 bits per heavy atom. The Balaban J connectivity index is 1.43. The molecule has 4 saturated carbocycles. The minimum atomic E-state index is -0.677. The van der Waals surface area contributed by atoms with Gasteiger partial charge in [-0.15, -0.1) is 0 Å². The van der Waals surface area contributed by atoms with E-state index in [0.29, 0.717) is 62.3 Å². The number of Topliss-reactive ketones (excluding diaryl/α,β-unsaturated/α-hetero) is 1. The summed E-state index contributed by atoms with van der Waals surface area (Å²) in [7, 11) is 1.32. The summed E-state index contributed by atoms with van der Waals surface area (Å²) >= 11 is 1.36. The topological polar surface area (TPSA) is 105 Å². The molecule has 1 aromatic carbocycles. The molecule has 1 N–H and O–H groups in total. The number of dihydropyridines is 1. The third-order valence-corrected chi connectivity index (χ3v) is 9.80. The largest absolute Gasteiger partial charge is 0.465 e. The number of methoxy groups -OCH3 is 1. The molecular formula is C30H34N2O5S. The molecule has 1 aliphatic heterocycles. The van der Waals surface area contributed by atoms with Crippen LogP contribution in [-0.4, -0.2) is 37.2 Å². The molecule has 0 amide bonds. The lowest BCUT2D eigenvalue weighted by atomic mass is 9.48. The number of hydrogen-bond acceptors (Lipinski definition) is 8. The van der Waals surface area contributed by atoms with E-state index in [1.807, 2.05) is 0 Å². The zero-order valence-electron chi connectivity index (χ0n) is 22.2. The van der Waals surface area contributed by atoms with Gasteiger partial charge in [-0.1, -0.05) is 23.9 Å². The highest BCUT2D eigenvalue weighted by atomic mass is 32.2. The van der Waals surface area contributed by atoms with Crippen LogP contribution in [0.4, 0.5) is 0 Å². The van der Waals surface area contributed by atoms with Crippen LogP contribution in [0.25, 0.3) is 0 Å². The maximum absolute atomic E-state index is 13.7. The van der Waals surface area contributed by atoms with E-state index in [4.69, 9.17) is 9.47 Å². The monoisotopic (exact) mass is 534 g/mol. The van der Waals surface area contributed by atoms with E-state index >= 15 is 0 Å². The van der Waals surface area contributed by atoms with Gasteiger partial charge in [0, 0.05) is 11.1 Å². The summed E-state index contributed by atoms with van der Waals surface area (Å²) in [5, 5.41) is 14.1. The number of carbonyl (C=O) groups excluding carboxylic acids is 3. The molecule has 8 heteroatoms. The highest BCUT2D eigenvalue weighted by Gasteiger charge is 2.54. The average Bonchev–Trinajstić information content (AvgIpc) is 2.90. The molecule has 6 rings (SSSR count). The summed E-state index contributed by atoms with van der Waals surface area (Å²) in [6.07, 6.45) is 6.87. The molecule has 7 nitrogen and oxygen atoms in total. The molecule has 1 unspecified atom stereocenters. The van der Waals surface area contributed by atoms with E-state index in [1.165, 1.54) is 38.1 Å². The Hall–Kier alpha value is -3.05. The van der Waals surface area contributed by atoms with Gasteiger partial charge in [-0.3, -0.25) is 4.79 Å². The first kappa shape index (κ1) is 26.6. The summed E-state index contributed by atoms with van der Waals surface area (Å²) in [6, 6.07) is 9.02. The second kappa shape index (κ2) is 10.6. The van der Waals surface area contributed by atoms with Crippen LogP contribution in [0.5, 0.6) is 0 Å². The maximum Gasteiger partial charge on any atom is 0.337 e. The van der Waals surface area contributed by atoms with Crippen LogP contribution in [-0.2, 0) is 19.1 Å². The van der Waals surface area contributed by atoms with Crippen molar-refractivity contribution >= 4 is 29.5 Å². The van der Waals surface area contributed by atoms with E-state index in [0.717, 1.165) is 19.3 Å². The molecule has 4 bridgehead atoms. The van der Waals surface area contributed by atoms with Crippen LogP contribution < -0.4 is 5.32 Å². The van der Waals surface area contributed by atoms with Gasteiger partial charge in [-0.2, -0.15) is 5.26 Å². The number of thioether (sulfide) groups is 1. The van der Waals surface area contributed by atoms with Crippen LogP contribution in [0.1, 0.15) is 74.2 Å². The van der Waals surface area contributed by atoms with Gasteiger partial charge in [0.2, 0.25) is 0 Å². The maximum atomic E-state index is 13.7. The van der Waals surface area contributed by atoms with Crippen molar-refractivity contribution < 1.29 is 23.9 Å². The van der Waals surface area contributed by atoms with Crippen molar-refractivity contribution in [2.24, 2.45) is 23.2 Å². The van der Waals surface area contributed by atoms with Gasteiger partial charge < -0.3 is 14.8 Å². The first-order chi connectivity index (χ1) is 18.3. The molecule has 1 atom stereocenters. The number of ketones is 1. The van der Waals surface area contributed by atoms with Crippen LogP contribution in [0.3, 0.4) is 0 Å². The van der Waals surface area contributed by atoms with Crippen molar-refractivity contribution in [3.8, 4) is 6.07 Å². The second-order valence-electron chi connectivity index (χ2n) is 11.2. The average molecular weight is 535 g/mol. The number of nitrogens with zero attached hydrogens (tertiary/aromatic N) is 1. The molecule has 4 fully saturated rings. The van der Waals surface area contributed by atoms with Crippen molar-refractivity contribution in [3.63, 3.8) is 0 Å². The van der Waals surface area contributed by atoms with Crippen LogP contribution in [0.2, 0.25) is 0 Å². The third kappa shape index (κ3) is 4.77. The van der Waals surface area contributed by atoms with Gasteiger partial charge in [0.1, 0.15) is 5.78 Å². The van der Waals surface area contributed by atoms with E-state index in [1.54, 1.807) is 38.1 Å². The van der Waals surface area contributed by atoms with Crippen molar-refractivity contribution in [2.45, 2.75) is 58.3 Å². The quantitative estimate of drug-likeness (QED) is 0.451. The molecule has 0 aromatic heterocycles. The highest BCUT2D eigenvalue weighted by Crippen LogP contribution is 2.60. The Morgan fingerprint density at radius 2 is 1.66 bits per heavy atom. The first-order valence-corrected chi connectivity index (χ1v) is 14.4. The normalized spacial score (nSPS) is 29.5. The number of carbonyl (C=O) groups is 3. The Bertz CT molecular complexity index is 1220. The molecule has 38 heavy (non-hydrogen) atoms. The second-order valence-corrected chi connectivity index (χ2v) is 12.2. The number of hydrogen-bond donors (Lipinski definition) is 1. The number of esters is 2. The number of rotatable bonds is 8. The van der Waals surface area contributed by atoms with E-state index < -0.39 is 17.9 Å². The third-order valence-electron chi connectivity index (χ3n) is 8.79. The van der Waals surface area contributed by atoms with Crippen molar-refractivity contribution in [2.75, 3.05) is 19.5 Å². The van der Waals surface area contributed by atoms with Gasteiger partial charge >= 0.3 is 11.9 Å². The summed E-state index contributed by atoms with van der Waals surface area (Å²) in [4.78, 5) is 38.6. The van der Waals surface area contributed by atoms with Gasteiger partial charge in [0.25, 0.3) is 0 Å².